The van der Waals surface area contributed by atoms with Gasteiger partial charge in [-0.15, -0.1) is 0 Å². The Kier molecular flexibility index (Phi) is 6.01. The maximum absolute atomic E-state index is 13.5. The van der Waals surface area contributed by atoms with Gasteiger partial charge in [0.2, 0.25) is 0 Å². The van der Waals surface area contributed by atoms with E-state index in [1.165, 1.54) is 0 Å². The Hall–Kier alpha value is -1.77. The van der Waals surface area contributed by atoms with Crippen molar-refractivity contribution >= 4 is 23.8 Å². The minimum absolute atomic E-state index is 0.0515. The Morgan fingerprint density at radius 2 is 1.86 bits per heavy atom. The summed E-state index contributed by atoms with van der Waals surface area (Å²) < 4.78 is 67.2. The first-order valence-corrected chi connectivity index (χ1v) is 6.41. The van der Waals surface area contributed by atoms with Gasteiger partial charge in [-0.05, 0) is 35.5 Å². The molecule has 21 heavy (non-hydrogen) atoms. The van der Waals surface area contributed by atoms with Crippen molar-refractivity contribution in [2.75, 3.05) is 12.4 Å². The molecule has 0 atom stereocenters. The van der Waals surface area contributed by atoms with Crippen LogP contribution in [0, 0.1) is 11.6 Å². The van der Waals surface area contributed by atoms with Gasteiger partial charge in [-0.25, -0.2) is 13.6 Å². The molecule has 0 aromatic heterocycles. The number of alkyl halides is 3. The number of carboxylic acids is 1. The van der Waals surface area contributed by atoms with E-state index < -0.39 is 41.2 Å². The Bertz CT molecular complexity index is 519. The number of carbonyl (C=O) groups is 1. The fourth-order valence-corrected chi connectivity index (χ4v) is 1.68. The van der Waals surface area contributed by atoms with Gasteiger partial charge >= 0.3 is 11.5 Å². The summed E-state index contributed by atoms with van der Waals surface area (Å²) in [5.74, 6) is -4.86. The van der Waals surface area contributed by atoms with Gasteiger partial charge in [-0.1, -0.05) is 0 Å². The Morgan fingerprint density at radius 1 is 1.29 bits per heavy atom. The van der Waals surface area contributed by atoms with Crippen molar-refractivity contribution in [1.82, 2.24) is 0 Å². The number of benzene rings is 1. The molecule has 0 saturated carbocycles. The molecule has 1 aromatic rings. The van der Waals surface area contributed by atoms with E-state index >= 15 is 0 Å². The van der Waals surface area contributed by atoms with Gasteiger partial charge in [-0.2, -0.15) is 13.2 Å². The largest absolute Gasteiger partial charge is 0.487 e. The summed E-state index contributed by atoms with van der Waals surface area (Å²) in [6.07, 6.45) is 1.66. The van der Waals surface area contributed by atoms with Crippen LogP contribution >= 0.6 is 11.8 Å². The van der Waals surface area contributed by atoms with Gasteiger partial charge in [0.05, 0.1) is 6.61 Å². The first-order valence-electron chi connectivity index (χ1n) is 5.42. The molecule has 0 bridgehead atoms. The Morgan fingerprint density at radius 3 is 2.33 bits per heavy atom. The summed E-state index contributed by atoms with van der Waals surface area (Å²) in [4.78, 5) is 10.3. The summed E-state index contributed by atoms with van der Waals surface area (Å²) in [5.41, 5.74) is -4.49. The minimum atomic E-state index is -4.44. The van der Waals surface area contributed by atoms with E-state index in [1.54, 1.807) is 0 Å². The molecule has 0 aliphatic heterocycles. The highest BCUT2D eigenvalue weighted by atomic mass is 32.2. The quantitative estimate of drug-likeness (QED) is 0.491. The summed E-state index contributed by atoms with van der Waals surface area (Å²) in [6, 6.07) is 1.63. The first-order chi connectivity index (χ1) is 9.69. The third-order valence-electron chi connectivity index (χ3n) is 2.03. The number of ether oxygens (including phenoxy) is 1. The molecular weight excluding hydrogens is 319 g/mol. The lowest BCUT2D eigenvalue weighted by atomic mass is 10.2. The first kappa shape index (κ1) is 17.3. The van der Waals surface area contributed by atoms with Crippen LogP contribution in [-0.2, 0) is 4.79 Å². The second-order valence-electron chi connectivity index (χ2n) is 3.63. The molecule has 9 heteroatoms. The summed E-state index contributed by atoms with van der Waals surface area (Å²) in [7, 11) is 0. The molecule has 0 radical (unpaired) electrons. The molecule has 1 rings (SSSR count). The molecule has 0 heterocycles. The van der Waals surface area contributed by atoms with E-state index in [-0.39, 0.29) is 17.3 Å². The molecule has 0 unspecified atom stereocenters. The van der Waals surface area contributed by atoms with E-state index in [9.17, 15) is 26.7 Å². The zero-order chi connectivity index (χ0) is 16.0. The predicted octanol–water partition coefficient (Wildman–Crippen LogP) is 3.69. The number of hydrogen-bond donors (Lipinski definition) is 1. The molecule has 1 aromatic carbocycles. The predicted molar refractivity (Wildman–Crippen MR) is 67.0 cm³/mol. The Balaban J connectivity index is 2.70. The lowest BCUT2D eigenvalue weighted by Gasteiger charge is -2.10. The van der Waals surface area contributed by atoms with Crippen molar-refractivity contribution in [3.05, 3.63) is 35.4 Å². The number of rotatable bonds is 6. The number of thioether (sulfide) groups is 1. The van der Waals surface area contributed by atoms with Crippen LogP contribution in [0.2, 0.25) is 0 Å². The number of hydrogen-bond acceptors (Lipinski definition) is 3. The van der Waals surface area contributed by atoms with Crippen LogP contribution in [0.25, 0.3) is 6.08 Å². The monoisotopic (exact) mass is 328 g/mol. The van der Waals surface area contributed by atoms with E-state index in [0.29, 0.717) is 6.08 Å². The smallest absolute Gasteiger partial charge is 0.441 e. The van der Waals surface area contributed by atoms with Crippen LogP contribution in [-0.4, -0.2) is 28.9 Å². The zero-order valence-electron chi connectivity index (χ0n) is 10.3. The van der Waals surface area contributed by atoms with Gasteiger partial charge in [0.25, 0.3) is 0 Å². The molecule has 116 valence electrons. The van der Waals surface area contributed by atoms with Gasteiger partial charge in [0.1, 0.15) is 0 Å². The maximum atomic E-state index is 13.5. The lowest BCUT2D eigenvalue weighted by Crippen LogP contribution is -2.09. The number of halogens is 5. The molecule has 0 fully saturated rings. The molecule has 3 nitrogen and oxygen atoms in total. The van der Waals surface area contributed by atoms with Crippen molar-refractivity contribution in [3.63, 3.8) is 0 Å². The number of aliphatic carboxylic acids is 1. The highest BCUT2D eigenvalue weighted by molar-refractivity contribution is 8.00. The topological polar surface area (TPSA) is 46.5 Å². The second-order valence-corrected chi connectivity index (χ2v) is 4.79. The molecule has 1 N–H and O–H groups in total. The molecule has 0 aliphatic carbocycles. The van der Waals surface area contributed by atoms with Crippen LogP contribution in [0.15, 0.2) is 18.2 Å². The van der Waals surface area contributed by atoms with Crippen LogP contribution < -0.4 is 4.74 Å². The van der Waals surface area contributed by atoms with Crippen LogP contribution in [0.1, 0.15) is 5.56 Å². The second kappa shape index (κ2) is 7.30. The van der Waals surface area contributed by atoms with Crippen molar-refractivity contribution in [2.45, 2.75) is 5.51 Å². The maximum Gasteiger partial charge on any atom is 0.441 e. The van der Waals surface area contributed by atoms with Gasteiger partial charge in [0, 0.05) is 11.8 Å². The molecule has 0 aliphatic rings. The molecule has 0 spiro atoms. The van der Waals surface area contributed by atoms with E-state index in [2.05, 4.69) is 4.74 Å². The lowest BCUT2D eigenvalue weighted by molar-refractivity contribution is -0.131. The van der Waals surface area contributed by atoms with Gasteiger partial charge in [-0.3, -0.25) is 0 Å². The summed E-state index contributed by atoms with van der Waals surface area (Å²) in [6.45, 7) is -0.525. The average Bonchev–Trinajstić information content (AvgIpc) is 2.33. The summed E-state index contributed by atoms with van der Waals surface area (Å²) >= 11 is -0.367. The SMILES string of the molecule is O=C(O)/C=C/c1cc(F)c(OCCSC(F)(F)F)c(F)c1. The van der Waals surface area contributed by atoms with E-state index in [1.807, 2.05) is 0 Å². The molecule has 0 saturated heterocycles. The Labute approximate surface area is 120 Å². The highest BCUT2D eigenvalue weighted by Gasteiger charge is 2.27. The van der Waals surface area contributed by atoms with Crippen molar-refractivity contribution < 1.29 is 36.6 Å². The molecule has 0 amide bonds. The third-order valence-corrected chi connectivity index (χ3v) is 2.73. The van der Waals surface area contributed by atoms with Crippen molar-refractivity contribution in [1.29, 1.82) is 0 Å². The van der Waals surface area contributed by atoms with E-state index in [4.69, 9.17) is 5.11 Å². The van der Waals surface area contributed by atoms with Crippen LogP contribution in [0.5, 0.6) is 5.75 Å². The molecular formula is C12H9F5O3S. The van der Waals surface area contributed by atoms with Crippen molar-refractivity contribution in [2.24, 2.45) is 0 Å². The normalized spacial score (nSPS) is 11.9. The fourth-order valence-electron chi connectivity index (χ4n) is 1.28. The average molecular weight is 328 g/mol. The van der Waals surface area contributed by atoms with Crippen LogP contribution in [0.4, 0.5) is 22.0 Å². The highest BCUT2D eigenvalue weighted by Crippen LogP contribution is 2.30. The van der Waals surface area contributed by atoms with Crippen LogP contribution in [0.3, 0.4) is 0 Å². The standard InChI is InChI=1S/C12H9F5O3S/c13-8-5-7(1-2-10(18)19)6-9(14)11(8)20-3-4-21-12(15,16)17/h1-2,5-6H,3-4H2,(H,18,19)/b2-1+. The minimum Gasteiger partial charge on any atom is -0.487 e. The van der Waals surface area contributed by atoms with Gasteiger partial charge in [0.15, 0.2) is 17.4 Å². The zero-order valence-corrected chi connectivity index (χ0v) is 11.1. The third kappa shape index (κ3) is 6.48. The number of carboxylic acid groups (broad SMARTS) is 1. The fraction of sp³-hybridized carbons (Fsp3) is 0.250. The van der Waals surface area contributed by atoms with E-state index in [0.717, 1.165) is 18.2 Å². The van der Waals surface area contributed by atoms with Crippen molar-refractivity contribution in [3.8, 4) is 5.75 Å². The van der Waals surface area contributed by atoms with Gasteiger partial charge < -0.3 is 9.84 Å². The summed E-state index contributed by atoms with van der Waals surface area (Å²) in [5, 5.41) is 8.38.